The molecule has 1 aliphatic carbocycles. The fourth-order valence-electron chi connectivity index (χ4n) is 2.90. The Morgan fingerprint density at radius 2 is 1.92 bits per heavy atom. The molecule has 0 bridgehead atoms. The normalized spacial score (nSPS) is 16.0. The molecule has 1 N–H and O–H groups in total. The second-order valence-electron chi connectivity index (χ2n) is 6.18. The Morgan fingerprint density at radius 1 is 1.28 bits per heavy atom. The molecular weight excluding hydrogens is 357 g/mol. The smallest absolute Gasteiger partial charge is 0.353 e. The third-order valence-electron chi connectivity index (χ3n) is 4.12. The van der Waals surface area contributed by atoms with Gasteiger partial charge in [0, 0.05) is 19.0 Å². The number of hydrogen-bond donors (Lipinski definition) is 1. The Hall–Kier alpha value is -1.77. The number of alkyl halides is 3. The summed E-state index contributed by atoms with van der Waals surface area (Å²) in [5.74, 6) is -0.299. The lowest BCUT2D eigenvalue weighted by molar-refractivity contribution is -0.137. The summed E-state index contributed by atoms with van der Waals surface area (Å²) >= 11 is 0. The second kappa shape index (κ2) is 7.63. The lowest BCUT2D eigenvalue weighted by atomic mass is 10.2. The molecule has 1 fully saturated rings. The molecule has 1 aliphatic rings. The number of nitrogens with one attached hydrogen (secondary N) is 1. The van der Waals surface area contributed by atoms with E-state index in [0.717, 1.165) is 54.4 Å². The molecule has 0 heterocycles. The molecule has 0 spiro atoms. The Bertz CT molecular complexity index is 714. The van der Waals surface area contributed by atoms with Crippen LogP contribution in [0.15, 0.2) is 24.3 Å². The fourth-order valence-corrected chi connectivity index (χ4v) is 3.82. The van der Waals surface area contributed by atoms with E-state index < -0.39 is 21.8 Å². The lowest BCUT2D eigenvalue weighted by Crippen LogP contribution is -2.37. The number of hydrogen-bond acceptors (Lipinski definition) is 3. The molecule has 25 heavy (non-hydrogen) atoms. The van der Waals surface area contributed by atoms with Crippen LogP contribution in [0.5, 0.6) is 0 Å². The lowest BCUT2D eigenvalue weighted by Gasteiger charge is -2.23. The van der Waals surface area contributed by atoms with Gasteiger partial charge in [-0.1, -0.05) is 18.9 Å². The number of amides is 1. The highest BCUT2D eigenvalue weighted by atomic mass is 32.2. The third-order valence-corrected chi connectivity index (χ3v) is 5.32. The van der Waals surface area contributed by atoms with Crippen molar-refractivity contribution in [3.05, 3.63) is 29.8 Å². The van der Waals surface area contributed by atoms with Crippen LogP contribution in [0.25, 0.3) is 0 Å². The van der Waals surface area contributed by atoms with E-state index in [4.69, 9.17) is 0 Å². The van der Waals surface area contributed by atoms with Crippen LogP contribution in [0.2, 0.25) is 0 Å². The topological polar surface area (TPSA) is 66.5 Å². The van der Waals surface area contributed by atoms with Crippen LogP contribution in [-0.2, 0) is 21.0 Å². The Morgan fingerprint density at radius 3 is 2.48 bits per heavy atom. The first-order valence-electron chi connectivity index (χ1n) is 8.02. The zero-order chi connectivity index (χ0) is 18.7. The van der Waals surface area contributed by atoms with E-state index in [2.05, 4.69) is 5.32 Å². The summed E-state index contributed by atoms with van der Waals surface area (Å²) in [5.41, 5.74) is -1.04. The van der Waals surface area contributed by atoms with Crippen molar-refractivity contribution in [3.63, 3.8) is 0 Å². The molecular formula is C16H21F3N2O3S. The van der Waals surface area contributed by atoms with Crippen molar-refractivity contribution in [1.82, 2.24) is 5.32 Å². The number of carbonyl (C=O) groups is 1. The number of anilines is 1. The van der Waals surface area contributed by atoms with Crippen LogP contribution in [0.1, 0.15) is 37.7 Å². The number of rotatable bonds is 6. The van der Waals surface area contributed by atoms with Crippen LogP contribution in [-0.4, -0.2) is 33.2 Å². The summed E-state index contributed by atoms with van der Waals surface area (Å²) in [5, 5.41) is 2.83. The van der Waals surface area contributed by atoms with Gasteiger partial charge in [0.05, 0.1) is 17.5 Å². The zero-order valence-electron chi connectivity index (χ0n) is 13.8. The van der Waals surface area contributed by atoms with Gasteiger partial charge in [-0.3, -0.25) is 9.10 Å². The average molecular weight is 378 g/mol. The maximum atomic E-state index is 12.8. The minimum absolute atomic E-state index is 0.104. The molecule has 0 atom stereocenters. The van der Waals surface area contributed by atoms with Crippen molar-refractivity contribution < 1.29 is 26.4 Å². The Balaban J connectivity index is 2.10. The molecule has 0 aliphatic heterocycles. The molecule has 1 amide bonds. The maximum absolute atomic E-state index is 12.8. The summed E-state index contributed by atoms with van der Waals surface area (Å²) in [6.45, 7) is -0.210. The molecule has 9 heteroatoms. The number of sulfonamides is 1. The van der Waals surface area contributed by atoms with Crippen LogP contribution in [0.3, 0.4) is 0 Å². The highest BCUT2D eigenvalue weighted by molar-refractivity contribution is 7.92. The van der Waals surface area contributed by atoms with Gasteiger partial charge in [0.15, 0.2) is 0 Å². The van der Waals surface area contributed by atoms with Gasteiger partial charge in [0.25, 0.3) is 0 Å². The van der Waals surface area contributed by atoms with Crippen LogP contribution >= 0.6 is 0 Å². The van der Waals surface area contributed by atoms with Crippen molar-refractivity contribution in [3.8, 4) is 0 Å². The Kier molecular flexibility index (Phi) is 5.97. The number of carbonyl (C=O) groups excluding carboxylic acids is 1. The predicted molar refractivity (Wildman–Crippen MR) is 88.6 cm³/mol. The molecule has 5 nitrogen and oxygen atoms in total. The van der Waals surface area contributed by atoms with Crippen LogP contribution in [0, 0.1) is 0 Å². The SMILES string of the molecule is CS(=O)(=O)N(CCC(=O)NC1CCCC1)c1cccc(C(F)(F)F)c1. The monoisotopic (exact) mass is 378 g/mol. The molecule has 140 valence electrons. The molecule has 1 saturated carbocycles. The molecule has 1 aromatic rings. The highest BCUT2D eigenvalue weighted by Crippen LogP contribution is 2.32. The number of nitrogens with zero attached hydrogens (tertiary/aromatic N) is 1. The van der Waals surface area contributed by atoms with Gasteiger partial charge in [-0.2, -0.15) is 13.2 Å². The van der Waals surface area contributed by atoms with Crippen molar-refractivity contribution in [2.75, 3.05) is 17.1 Å². The Labute approximate surface area is 145 Å². The van der Waals surface area contributed by atoms with Gasteiger partial charge >= 0.3 is 6.18 Å². The summed E-state index contributed by atoms with van der Waals surface area (Å²) in [6, 6.07) is 4.18. The average Bonchev–Trinajstić information content (AvgIpc) is 2.98. The van der Waals surface area contributed by atoms with Crippen molar-refractivity contribution >= 4 is 21.6 Å². The first-order valence-corrected chi connectivity index (χ1v) is 9.86. The van der Waals surface area contributed by atoms with E-state index in [9.17, 15) is 26.4 Å². The quantitative estimate of drug-likeness (QED) is 0.828. The molecule has 0 unspecified atom stereocenters. The summed E-state index contributed by atoms with van der Waals surface area (Å²) in [6.07, 6.45) is 0.112. The van der Waals surface area contributed by atoms with E-state index in [1.807, 2.05) is 0 Å². The maximum Gasteiger partial charge on any atom is 0.416 e. The van der Waals surface area contributed by atoms with Crippen molar-refractivity contribution in [1.29, 1.82) is 0 Å². The van der Waals surface area contributed by atoms with E-state index in [1.54, 1.807) is 0 Å². The van der Waals surface area contributed by atoms with Gasteiger partial charge in [0.2, 0.25) is 15.9 Å². The third kappa shape index (κ3) is 5.62. The molecule has 0 radical (unpaired) electrons. The van der Waals surface area contributed by atoms with Crippen molar-refractivity contribution in [2.45, 2.75) is 44.3 Å². The van der Waals surface area contributed by atoms with E-state index in [-0.39, 0.29) is 30.6 Å². The van der Waals surface area contributed by atoms with Gasteiger partial charge in [0.1, 0.15) is 0 Å². The van der Waals surface area contributed by atoms with E-state index in [1.165, 1.54) is 6.07 Å². The number of benzene rings is 1. The van der Waals surface area contributed by atoms with E-state index in [0.29, 0.717) is 0 Å². The van der Waals surface area contributed by atoms with Gasteiger partial charge in [-0.15, -0.1) is 0 Å². The van der Waals surface area contributed by atoms with Crippen LogP contribution in [0.4, 0.5) is 18.9 Å². The van der Waals surface area contributed by atoms with Gasteiger partial charge < -0.3 is 5.32 Å². The highest BCUT2D eigenvalue weighted by Gasteiger charge is 2.31. The van der Waals surface area contributed by atoms with Gasteiger partial charge in [-0.25, -0.2) is 8.42 Å². The second-order valence-corrected chi connectivity index (χ2v) is 8.09. The first kappa shape index (κ1) is 19.6. The molecule has 0 aromatic heterocycles. The van der Waals surface area contributed by atoms with E-state index >= 15 is 0 Å². The largest absolute Gasteiger partial charge is 0.416 e. The van der Waals surface area contributed by atoms with Crippen molar-refractivity contribution in [2.24, 2.45) is 0 Å². The molecule has 1 aromatic carbocycles. The summed E-state index contributed by atoms with van der Waals surface area (Å²) in [7, 11) is -3.82. The first-order chi connectivity index (χ1) is 11.6. The van der Waals surface area contributed by atoms with Crippen LogP contribution < -0.4 is 9.62 Å². The zero-order valence-corrected chi connectivity index (χ0v) is 14.7. The minimum atomic E-state index is -4.57. The predicted octanol–water partition coefficient (Wildman–Crippen LogP) is 2.92. The standard InChI is InChI=1S/C16H21F3N2O3S/c1-25(23,24)21(10-9-15(22)20-13-6-2-3-7-13)14-8-4-5-12(11-14)16(17,18)19/h4-5,8,11,13H,2-3,6-7,9-10H2,1H3,(H,20,22). The molecule has 2 rings (SSSR count). The van der Waals surface area contributed by atoms with Gasteiger partial charge in [-0.05, 0) is 31.0 Å². The fraction of sp³-hybridized carbons (Fsp3) is 0.562. The summed E-state index contributed by atoms with van der Waals surface area (Å²) < 4.78 is 63.3. The molecule has 0 saturated heterocycles. The minimum Gasteiger partial charge on any atom is -0.353 e. The number of halogens is 3. The summed E-state index contributed by atoms with van der Waals surface area (Å²) in [4.78, 5) is 12.0.